The minimum atomic E-state index is -0.674. The quantitative estimate of drug-likeness (QED) is 0.812. The third-order valence-electron chi connectivity index (χ3n) is 3.73. The largest absolute Gasteiger partial charge is 0.378 e. The SMILES string of the molecule is Cc1c(C(N)=O)c(=O)c(N2CCOCC2)c(C)n1C. The predicted molar refractivity (Wildman–Crippen MR) is 72.7 cm³/mol. The van der Waals surface area contributed by atoms with Gasteiger partial charge in [-0.25, -0.2) is 0 Å². The van der Waals surface area contributed by atoms with Crippen LogP contribution < -0.4 is 16.1 Å². The van der Waals surface area contributed by atoms with Crippen LogP contribution in [0.1, 0.15) is 21.7 Å². The molecule has 1 aliphatic rings. The van der Waals surface area contributed by atoms with E-state index >= 15 is 0 Å². The summed E-state index contributed by atoms with van der Waals surface area (Å²) >= 11 is 0. The summed E-state index contributed by atoms with van der Waals surface area (Å²) in [6, 6.07) is 0. The highest BCUT2D eigenvalue weighted by Crippen LogP contribution is 2.19. The number of ether oxygens (including phenoxy) is 1. The van der Waals surface area contributed by atoms with Gasteiger partial charge in [0, 0.05) is 31.5 Å². The van der Waals surface area contributed by atoms with Crippen molar-refractivity contribution in [2.24, 2.45) is 12.8 Å². The first-order valence-corrected chi connectivity index (χ1v) is 6.27. The third-order valence-corrected chi connectivity index (χ3v) is 3.73. The van der Waals surface area contributed by atoms with Gasteiger partial charge in [-0.1, -0.05) is 0 Å². The minimum Gasteiger partial charge on any atom is -0.378 e. The van der Waals surface area contributed by atoms with E-state index in [1.165, 1.54) is 0 Å². The summed E-state index contributed by atoms with van der Waals surface area (Å²) in [6.07, 6.45) is 0. The van der Waals surface area contributed by atoms with Crippen LogP contribution in [0.4, 0.5) is 5.69 Å². The zero-order valence-electron chi connectivity index (χ0n) is 11.5. The van der Waals surface area contributed by atoms with Crippen molar-refractivity contribution in [1.29, 1.82) is 0 Å². The number of carbonyl (C=O) groups is 1. The van der Waals surface area contributed by atoms with Crippen LogP contribution in [0, 0.1) is 13.8 Å². The summed E-state index contributed by atoms with van der Waals surface area (Å²) in [5.41, 5.74) is 7.15. The normalized spacial score (nSPS) is 15.6. The second kappa shape index (κ2) is 5.05. The molecule has 0 atom stereocenters. The third kappa shape index (κ3) is 2.23. The number of aromatic nitrogens is 1. The molecule has 104 valence electrons. The zero-order chi connectivity index (χ0) is 14.2. The first-order valence-electron chi connectivity index (χ1n) is 6.27. The molecule has 1 aliphatic heterocycles. The maximum absolute atomic E-state index is 12.5. The molecule has 1 amide bonds. The van der Waals surface area contributed by atoms with Crippen molar-refractivity contribution < 1.29 is 9.53 Å². The molecule has 1 aromatic heterocycles. The summed E-state index contributed by atoms with van der Waals surface area (Å²) < 4.78 is 7.13. The lowest BCUT2D eigenvalue weighted by atomic mass is 10.1. The fourth-order valence-corrected chi connectivity index (χ4v) is 2.47. The van der Waals surface area contributed by atoms with Gasteiger partial charge in [0.25, 0.3) is 5.91 Å². The minimum absolute atomic E-state index is 0.0783. The van der Waals surface area contributed by atoms with Gasteiger partial charge >= 0.3 is 0 Å². The lowest BCUT2D eigenvalue weighted by molar-refractivity contribution is 0.0997. The number of pyridine rings is 1. The molecule has 0 unspecified atom stereocenters. The number of nitrogens with two attached hydrogens (primary N) is 1. The maximum atomic E-state index is 12.5. The summed E-state index contributed by atoms with van der Waals surface area (Å²) in [5, 5.41) is 0. The summed E-state index contributed by atoms with van der Waals surface area (Å²) in [7, 11) is 1.83. The Morgan fingerprint density at radius 2 is 1.79 bits per heavy atom. The van der Waals surface area contributed by atoms with Crippen molar-refractivity contribution in [2.45, 2.75) is 13.8 Å². The summed E-state index contributed by atoms with van der Waals surface area (Å²) in [6.45, 7) is 6.08. The Hall–Kier alpha value is -1.82. The van der Waals surface area contributed by atoms with Crippen molar-refractivity contribution in [2.75, 3.05) is 31.2 Å². The Labute approximate surface area is 111 Å². The topological polar surface area (TPSA) is 77.6 Å². The van der Waals surface area contributed by atoms with Gasteiger partial charge < -0.3 is 19.9 Å². The van der Waals surface area contributed by atoms with Gasteiger partial charge in [-0.3, -0.25) is 9.59 Å². The number of morpholine rings is 1. The first-order chi connectivity index (χ1) is 8.95. The Balaban J connectivity index is 2.66. The number of primary amides is 1. The van der Waals surface area contributed by atoms with E-state index in [-0.39, 0.29) is 11.0 Å². The highest BCUT2D eigenvalue weighted by molar-refractivity contribution is 5.95. The Morgan fingerprint density at radius 1 is 1.21 bits per heavy atom. The molecule has 1 saturated heterocycles. The molecule has 19 heavy (non-hydrogen) atoms. The molecule has 6 nitrogen and oxygen atoms in total. The smallest absolute Gasteiger partial charge is 0.254 e. The van der Waals surface area contributed by atoms with Crippen molar-refractivity contribution >= 4 is 11.6 Å². The molecule has 0 aliphatic carbocycles. The Morgan fingerprint density at radius 3 is 2.32 bits per heavy atom. The standard InChI is InChI=1S/C13H19N3O3/c1-8-10(13(14)18)12(17)11(9(2)15(8)3)16-4-6-19-7-5-16/h4-7H2,1-3H3,(H2,14,18). The number of hydrogen-bond donors (Lipinski definition) is 1. The van der Waals surface area contributed by atoms with Crippen molar-refractivity contribution in [1.82, 2.24) is 4.57 Å². The highest BCUT2D eigenvalue weighted by Gasteiger charge is 2.23. The van der Waals surface area contributed by atoms with E-state index in [4.69, 9.17) is 10.5 Å². The lowest BCUT2D eigenvalue weighted by Crippen LogP contribution is -2.41. The van der Waals surface area contributed by atoms with E-state index in [1.807, 2.05) is 23.4 Å². The van der Waals surface area contributed by atoms with Crippen LogP contribution in [0.5, 0.6) is 0 Å². The van der Waals surface area contributed by atoms with Crippen molar-refractivity contribution in [3.63, 3.8) is 0 Å². The van der Waals surface area contributed by atoms with E-state index in [0.29, 0.717) is 37.7 Å². The van der Waals surface area contributed by atoms with Gasteiger partial charge in [0.2, 0.25) is 5.43 Å². The molecule has 1 fully saturated rings. The average molecular weight is 265 g/mol. The second-order valence-corrected chi connectivity index (χ2v) is 4.75. The van der Waals surface area contributed by atoms with Crippen molar-refractivity contribution in [3.05, 3.63) is 27.2 Å². The lowest BCUT2D eigenvalue weighted by Gasteiger charge is -2.31. The monoisotopic (exact) mass is 265 g/mol. The van der Waals surface area contributed by atoms with Crippen LogP contribution >= 0.6 is 0 Å². The number of amides is 1. The highest BCUT2D eigenvalue weighted by atomic mass is 16.5. The van der Waals surface area contributed by atoms with Crippen LogP contribution in [0.25, 0.3) is 0 Å². The van der Waals surface area contributed by atoms with Gasteiger partial charge in [-0.2, -0.15) is 0 Å². The molecular weight excluding hydrogens is 246 g/mol. The van der Waals surface area contributed by atoms with E-state index < -0.39 is 5.91 Å². The van der Waals surface area contributed by atoms with Crippen LogP contribution in [0.2, 0.25) is 0 Å². The molecule has 0 spiro atoms. The van der Waals surface area contributed by atoms with Crippen LogP contribution in [0.15, 0.2) is 4.79 Å². The molecule has 0 aromatic carbocycles. The van der Waals surface area contributed by atoms with E-state index in [2.05, 4.69) is 0 Å². The Kier molecular flexibility index (Phi) is 3.61. The number of rotatable bonds is 2. The van der Waals surface area contributed by atoms with Gasteiger partial charge in [-0.15, -0.1) is 0 Å². The molecule has 2 N–H and O–H groups in total. The average Bonchev–Trinajstić information content (AvgIpc) is 2.37. The van der Waals surface area contributed by atoms with E-state index in [9.17, 15) is 9.59 Å². The molecule has 2 rings (SSSR count). The molecule has 0 saturated carbocycles. The number of nitrogens with zero attached hydrogens (tertiary/aromatic N) is 2. The Bertz CT molecular complexity index is 571. The molecular formula is C13H19N3O3. The van der Waals surface area contributed by atoms with Gasteiger partial charge in [0.05, 0.1) is 13.2 Å². The number of carbonyl (C=O) groups excluding carboxylic acids is 1. The molecule has 1 aromatic rings. The molecule has 0 bridgehead atoms. The van der Waals surface area contributed by atoms with Crippen LogP contribution in [-0.2, 0) is 11.8 Å². The fourth-order valence-electron chi connectivity index (χ4n) is 2.47. The van der Waals surface area contributed by atoms with E-state index in [0.717, 1.165) is 5.69 Å². The number of anilines is 1. The summed E-state index contributed by atoms with van der Waals surface area (Å²) in [5.74, 6) is -0.674. The van der Waals surface area contributed by atoms with E-state index in [1.54, 1.807) is 6.92 Å². The maximum Gasteiger partial charge on any atom is 0.254 e. The molecule has 2 heterocycles. The fraction of sp³-hybridized carbons (Fsp3) is 0.538. The van der Waals surface area contributed by atoms with Gasteiger partial charge in [0.15, 0.2) is 0 Å². The molecule has 6 heteroatoms. The summed E-state index contributed by atoms with van der Waals surface area (Å²) in [4.78, 5) is 26.0. The van der Waals surface area contributed by atoms with Gasteiger partial charge in [0.1, 0.15) is 11.3 Å². The van der Waals surface area contributed by atoms with Crippen LogP contribution in [-0.4, -0.2) is 36.8 Å². The predicted octanol–water partition coefficient (Wildman–Crippen LogP) is -0.0624. The second-order valence-electron chi connectivity index (χ2n) is 4.75. The number of hydrogen-bond acceptors (Lipinski definition) is 4. The van der Waals surface area contributed by atoms with Crippen molar-refractivity contribution in [3.8, 4) is 0 Å². The molecule has 0 radical (unpaired) electrons. The zero-order valence-corrected chi connectivity index (χ0v) is 11.5. The van der Waals surface area contributed by atoms with Crippen LogP contribution in [0.3, 0.4) is 0 Å². The van der Waals surface area contributed by atoms with Gasteiger partial charge in [-0.05, 0) is 13.8 Å². The first kappa shape index (κ1) is 13.6.